The monoisotopic (exact) mass is 421 g/mol. The van der Waals surface area contributed by atoms with Crippen molar-refractivity contribution in [3.05, 3.63) is 64.4 Å². The molecule has 30 heavy (non-hydrogen) atoms. The molecule has 0 unspecified atom stereocenters. The fourth-order valence-corrected chi connectivity index (χ4v) is 3.82. The summed E-state index contributed by atoms with van der Waals surface area (Å²) in [6.45, 7) is 1.38. The number of thioether (sulfide) groups is 1. The number of nitriles is 1. The minimum atomic E-state index is -0.225. The molecule has 0 radical (unpaired) electrons. The maximum atomic E-state index is 13.0. The summed E-state index contributed by atoms with van der Waals surface area (Å²) in [5.74, 6) is -0.118. The van der Waals surface area contributed by atoms with Crippen molar-refractivity contribution in [2.24, 2.45) is 0 Å². The van der Waals surface area contributed by atoms with Gasteiger partial charge in [0, 0.05) is 12.2 Å². The van der Waals surface area contributed by atoms with Crippen LogP contribution in [0.15, 0.2) is 58.5 Å². The van der Waals surface area contributed by atoms with Crippen LogP contribution < -0.4 is 10.9 Å². The van der Waals surface area contributed by atoms with Crippen LogP contribution in [0.4, 0.5) is 5.69 Å². The molecule has 1 amide bonds. The number of amides is 1. The largest absolute Gasteiger partial charge is 0.325 e. The third kappa shape index (κ3) is 5.47. The number of carbonyl (C=O) groups is 1. The van der Waals surface area contributed by atoms with E-state index in [1.165, 1.54) is 11.8 Å². The van der Waals surface area contributed by atoms with Crippen LogP contribution in [0.3, 0.4) is 0 Å². The van der Waals surface area contributed by atoms with Gasteiger partial charge >= 0.3 is 0 Å². The van der Waals surface area contributed by atoms with E-state index >= 15 is 0 Å². The van der Waals surface area contributed by atoms with Crippen molar-refractivity contribution in [2.75, 3.05) is 31.7 Å². The standard InChI is InChI=1S/C22H23N5O2S/c1-26(2)11-6-12-27-21(29)18-9-3-4-10-19(18)25-22(27)30-15-20(28)24-17-8-5-7-16(13-17)14-23/h3-5,7-10,13H,6,11-12,15H2,1-2H3,(H,24,28). The highest BCUT2D eigenvalue weighted by molar-refractivity contribution is 7.99. The highest BCUT2D eigenvalue weighted by Crippen LogP contribution is 2.19. The molecule has 3 aromatic rings. The van der Waals surface area contributed by atoms with E-state index in [0.717, 1.165) is 13.0 Å². The SMILES string of the molecule is CN(C)CCCn1c(SCC(=O)Nc2cccc(C#N)c2)nc2ccccc2c1=O. The number of rotatable bonds is 8. The zero-order chi connectivity index (χ0) is 21.5. The summed E-state index contributed by atoms with van der Waals surface area (Å²) in [6, 6.07) is 16.0. The van der Waals surface area contributed by atoms with Gasteiger partial charge in [-0.2, -0.15) is 5.26 Å². The Bertz CT molecular complexity index is 1150. The molecule has 0 fully saturated rings. The van der Waals surface area contributed by atoms with Crippen LogP contribution in [-0.2, 0) is 11.3 Å². The third-order valence-electron chi connectivity index (χ3n) is 4.42. The molecule has 0 saturated carbocycles. The lowest BCUT2D eigenvalue weighted by atomic mass is 10.2. The zero-order valence-corrected chi connectivity index (χ0v) is 17.8. The lowest BCUT2D eigenvalue weighted by Gasteiger charge is -2.15. The van der Waals surface area contributed by atoms with E-state index in [1.807, 2.05) is 32.3 Å². The van der Waals surface area contributed by atoms with Crippen LogP contribution in [0.5, 0.6) is 0 Å². The maximum absolute atomic E-state index is 13.0. The first-order valence-electron chi connectivity index (χ1n) is 9.55. The Morgan fingerprint density at radius 2 is 2.03 bits per heavy atom. The van der Waals surface area contributed by atoms with E-state index in [0.29, 0.717) is 33.9 Å². The van der Waals surface area contributed by atoms with Crippen LogP contribution in [-0.4, -0.2) is 46.8 Å². The Hall–Kier alpha value is -3.15. The highest BCUT2D eigenvalue weighted by atomic mass is 32.2. The number of anilines is 1. The Morgan fingerprint density at radius 1 is 1.23 bits per heavy atom. The summed E-state index contributed by atoms with van der Waals surface area (Å²) >= 11 is 1.23. The molecule has 1 N–H and O–H groups in total. The minimum absolute atomic E-state index is 0.0935. The molecule has 0 aliphatic rings. The Labute approximate surface area is 179 Å². The summed E-state index contributed by atoms with van der Waals surface area (Å²) < 4.78 is 1.65. The van der Waals surface area contributed by atoms with E-state index in [1.54, 1.807) is 41.0 Å². The topological polar surface area (TPSA) is 91.0 Å². The smallest absolute Gasteiger partial charge is 0.262 e. The van der Waals surface area contributed by atoms with Crippen molar-refractivity contribution in [1.82, 2.24) is 14.5 Å². The molecule has 0 saturated heterocycles. The van der Waals surface area contributed by atoms with E-state index in [4.69, 9.17) is 5.26 Å². The fourth-order valence-electron chi connectivity index (χ4n) is 2.99. The molecule has 1 aromatic heterocycles. The molecule has 0 bridgehead atoms. The van der Waals surface area contributed by atoms with Crippen molar-refractivity contribution in [2.45, 2.75) is 18.1 Å². The van der Waals surface area contributed by atoms with Gasteiger partial charge in [-0.1, -0.05) is 30.0 Å². The average molecular weight is 422 g/mol. The number of fused-ring (bicyclic) bond motifs is 1. The van der Waals surface area contributed by atoms with E-state index < -0.39 is 0 Å². The molecule has 0 atom stereocenters. The number of para-hydroxylation sites is 1. The molecule has 2 aromatic carbocycles. The average Bonchev–Trinajstić information content (AvgIpc) is 2.74. The number of carbonyl (C=O) groups excluding carboxylic acids is 1. The van der Waals surface area contributed by atoms with Gasteiger partial charge in [-0.25, -0.2) is 4.98 Å². The quantitative estimate of drug-likeness (QED) is 0.444. The third-order valence-corrected chi connectivity index (χ3v) is 5.40. The number of hydrogen-bond acceptors (Lipinski definition) is 6. The second-order valence-electron chi connectivity index (χ2n) is 7.05. The zero-order valence-electron chi connectivity index (χ0n) is 17.0. The van der Waals surface area contributed by atoms with Gasteiger partial charge in [0.25, 0.3) is 5.56 Å². The Balaban J connectivity index is 1.78. The second-order valence-corrected chi connectivity index (χ2v) is 8.00. The molecular formula is C22H23N5O2S. The van der Waals surface area contributed by atoms with Crippen molar-refractivity contribution < 1.29 is 4.79 Å². The van der Waals surface area contributed by atoms with E-state index in [9.17, 15) is 9.59 Å². The first kappa shape index (κ1) is 21.6. The first-order chi connectivity index (χ1) is 14.5. The molecule has 1 heterocycles. The summed E-state index contributed by atoms with van der Waals surface area (Å²) in [6.07, 6.45) is 0.799. The molecular weight excluding hydrogens is 398 g/mol. The van der Waals surface area contributed by atoms with E-state index in [-0.39, 0.29) is 17.2 Å². The minimum Gasteiger partial charge on any atom is -0.325 e. The van der Waals surface area contributed by atoms with Crippen molar-refractivity contribution in [3.63, 3.8) is 0 Å². The Kier molecular flexibility index (Phi) is 7.22. The van der Waals surface area contributed by atoms with Gasteiger partial charge in [-0.15, -0.1) is 0 Å². The lowest BCUT2D eigenvalue weighted by molar-refractivity contribution is -0.113. The van der Waals surface area contributed by atoms with Crippen LogP contribution in [0, 0.1) is 11.3 Å². The first-order valence-corrected chi connectivity index (χ1v) is 10.5. The van der Waals surface area contributed by atoms with Crippen molar-refractivity contribution in [1.29, 1.82) is 5.26 Å². The molecule has 154 valence electrons. The molecule has 3 rings (SSSR count). The summed E-state index contributed by atoms with van der Waals surface area (Å²) in [5, 5.41) is 12.9. The molecule has 0 aliphatic heterocycles. The van der Waals surface area contributed by atoms with Gasteiger partial charge in [-0.05, 0) is 57.4 Å². The summed E-state index contributed by atoms with van der Waals surface area (Å²) in [5.41, 5.74) is 1.57. The van der Waals surface area contributed by atoms with Gasteiger partial charge in [0.15, 0.2) is 5.16 Å². The van der Waals surface area contributed by atoms with Crippen LogP contribution in [0.1, 0.15) is 12.0 Å². The van der Waals surface area contributed by atoms with Crippen molar-refractivity contribution in [3.8, 4) is 6.07 Å². The van der Waals surface area contributed by atoms with Crippen LogP contribution in [0.2, 0.25) is 0 Å². The number of benzene rings is 2. The lowest BCUT2D eigenvalue weighted by Crippen LogP contribution is -2.26. The molecule has 0 aliphatic carbocycles. The number of nitrogens with one attached hydrogen (secondary N) is 1. The van der Waals surface area contributed by atoms with E-state index in [2.05, 4.69) is 15.2 Å². The Morgan fingerprint density at radius 3 is 2.80 bits per heavy atom. The van der Waals surface area contributed by atoms with Gasteiger partial charge in [-0.3, -0.25) is 14.2 Å². The van der Waals surface area contributed by atoms with Gasteiger partial charge < -0.3 is 10.2 Å². The highest BCUT2D eigenvalue weighted by Gasteiger charge is 2.13. The molecule has 7 nitrogen and oxygen atoms in total. The van der Waals surface area contributed by atoms with Crippen LogP contribution in [0.25, 0.3) is 10.9 Å². The fraction of sp³-hybridized carbons (Fsp3) is 0.273. The molecule has 8 heteroatoms. The van der Waals surface area contributed by atoms with Crippen molar-refractivity contribution >= 4 is 34.3 Å². The second kappa shape index (κ2) is 10.1. The van der Waals surface area contributed by atoms with Gasteiger partial charge in [0.2, 0.25) is 5.91 Å². The number of aromatic nitrogens is 2. The summed E-state index contributed by atoms with van der Waals surface area (Å²) in [7, 11) is 3.98. The maximum Gasteiger partial charge on any atom is 0.262 e. The normalized spacial score (nSPS) is 10.9. The van der Waals surface area contributed by atoms with Gasteiger partial charge in [0.05, 0.1) is 28.3 Å². The predicted molar refractivity (Wildman–Crippen MR) is 120 cm³/mol. The number of hydrogen-bond donors (Lipinski definition) is 1. The number of nitrogens with zero attached hydrogens (tertiary/aromatic N) is 4. The summed E-state index contributed by atoms with van der Waals surface area (Å²) in [4.78, 5) is 32.1. The van der Waals surface area contributed by atoms with Gasteiger partial charge in [0.1, 0.15) is 0 Å². The van der Waals surface area contributed by atoms with Crippen LogP contribution >= 0.6 is 11.8 Å². The predicted octanol–water partition coefficient (Wildman–Crippen LogP) is 2.95. The molecule has 0 spiro atoms.